The van der Waals surface area contributed by atoms with E-state index >= 15 is 0 Å². The van der Waals surface area contributed by atoms with Crippen LogP contribution < -0.4 is 10.5 Å². The SMILES string of the molecule is CC.CN1CCN(C(=O)C2CC=C[C@@H](O)C2C(=O)Oc2ccc(CC(N)C(=O)O)cc2)CC1. The number of carboxylic acid groups (broad SMARTS) is 1. The highest BCUT2D eigenvalue weighted by atomic mass is 16.5. The molecule has 9 nitrogen and oxygen atoms in total. The van der Waals surface area contributed by atoms with Gasteiger partial charge in [0, 0.05) is 26.2 Å². The fourth-order valence-electron chi connectivity index (χ4n) is 3.91. The van der Waals surface area contributed by atoms with Crippen LogP contribution in [0.4, 0.5) is 0 Å². The van der Waals surface area contributed by atoms with Crippen molar-refractivity contribution >= 4 is 17.8 Å². The molecule has 2 aliphatic rings. The lowest BCUT2D eigenvalue weighted by atomic mass is 9.80. The van der Waals surface area contributed by atoms with E-state index in [1.165, 1.54) is 6.08 Å². The third-order valence-electron chi connectivity index (χ3n) is 5.84. The molecule has 1 aromatic rings. The Labute approximate surface area is 194 Å². The van der Waals surface area contributed by atoms with Crippen molar-refractivity contribution in [3.63, 3.8) is 0 Å². The van der Waals surface area contributed by atoms with Gasteiger partial charge in [0.1, 0.15) is 11.8 Å². The zero-order chi connectivity index (χ0) is 24.5. The van der Waals surface area contributed by atoms with Gasteiger partial charge in [0.05, 0.1) is 17.9 Å². The molecule has 9 heteroatoms. The summed E-state index contributed by atoms with van der Waals surface area (Å²) in [5.41, 5.74) is 6.23. The molecular formula is C24H35N3O6. The minimum absolute atomic E-state index is 0.142. The lowest BCUT2D eigenvalue weighted by molar-refractivity contribution is -0.153. The number of aliphatic carboxylic acids is 1. The van der Waals surface area contributed by atoms with Crippen LogP contribution in [0.15, 0.2) is 36.4 Å². The van der Waals surface area contributed by atoms with Crippen LogP contribution in [0.5, 0.6) is 5.75 Å². The number of hydrogen-bond acceptors (Lipinski definition) is 7. The number of nitrogens with zero attached hydrogens (tertiary/aromatic N) is 2. The summed E-state index contributed by atoms with van der Waals surface area (Å²) in [6.07, 6.45) is 2.67. The number of rotatable bonds is 6. The Kier molecular flexibility index (Phi) is 10.0. The van der Waals surface area contributed by atoms with Gasteiger partial charge in [-0.2, -0.15) is 0 Å². The van der Waals surface area contributed by atoms with Gasteiger partial charge in [0.2, 0.25) is 5.91 Å². The van der Waals surface area contributed by atoms with Crippen molar-refractivity contribution in [3.8, 4) is 5.75 Å². The molecular weight excluding hydrogens is 426 g/mol. The molecule has 0 spiro atoms. The van der Waals surface area contributed by atoms with E-state index in [-0.39, 0.29) is 18.1 Å². The largest absolute Gasteiger partial charge is 0.480 e. The number of carboxylic acids is 1. The van der Waals surface area contributed by atoms with Gasteiger partial charge in [0.25, 0.3) is 0 Å². The van der Waals surface area contributed by atoms with Crippen LogP contribution in [0, 0.1) is 11.8 Å². The van der Waals surface area contributed by atoms with E-state index in [0.29, 0.717) is 25.1 Å². The van der Waals surface area contributed by atoms with Gasteiger partial charge in [-0.3, -0.25) is 14.4 Å². The molecule has 1 saturated heterocycles. The van der Waals surface area contributed by atoms with E-state index in [4.69, 9.17) is 15.6 Å². The first kappa shape index (κ1) is 26.5. The molecule has 1 aliphatic heterocycles. The second-order valence-corrected chi connectivity index (χ2v) is 8.13. The minimum atomic E-state index is -1.10. The highest BCUT2D eigenvalue weighted by molar-refractivity contribution is 5.87. The van der Waals surface area contributed by atoms with Crippen molar-refractivity contribution in [1.29, 1.82) is 0 Å². The normalized spacial score (nSPS) is 23.8. The van der Waals surface area contributed by atoms with Crippen LogP contribution in [0.25, 0.3) is 0 Å². The van der Waals surface area contributed by atoms with Gasteiger partial charge in [-0.1, -0.05) is 38.1 Å². The van der Waals surface area contributed by atoms with Gasteiger partial charge in [-0.25, -0.2) is 0 Å². The Morgan fingerprint density at radius 2 is 1.73 bits per heavy atom. The maximum atomic E-state index is 13.1. The van der Waals surface area contributed by atoms with Gasteiger partial charge in [-0.05, 0) is 37.6 Å². The van der Waals surface area contributed by atoms with E-state index in [1.54, 1.807) is 35.2 Å². The van der Waals surface area contributed by atoms with Crippen molar-refractivity contribution in [2.24, 2.45) is 17.6 Å². The third-order valence-corrected chi connectivity index (χ3v) is 5.84. The van der Waals surface area contributed by atoms with Crippen LogP contribution in [0.2, 0.25) is 0 Å². The van der Waals surface area contributed by atoms with E-state index < -0.39 is 35.9 Å². The molecule has 0 radical (unpaired) electrons. The molecule has 0 bridgehead atoms. The standard InChI is InChI=1S/C22H29N3O6.C2H6/c1-24-9-11-25(12-10-24)20(27)16-3-2-4-18(26)19(16)22(30)31-15-7-5-14(6-8-15)13-17(23)21(28)29;1-2/h2,4-8,16-19,26H,3,9-13,23H2,1H3,(H,28,29);1-2H3/t16?,17?,18-,19?;/m1./s1. The summed E-state index contributed by atoms with van der Waals surface area (Å²) < 4.78 is 5.46. The number of esters is 1. The molecule has 0 aromatic heterocycles. The zero-order valence-electron chi connectivity index (χ0n) is 19.5. The number of allylic oxidation sites excluding steroid dienone is 1. The third kappa shape index (κ3) is 7.12. The summed E-state index contributed by atoms with van der Waals surface area (Å²) in [6, 6.07) is 5.35. The molecule has 0 saturated carbocycles. The number of aliphatic hydroxyl groups is 1. The number of carbonyl (C=O) groups is 3. The Morgan fingerprint density at radius 1 is 1.12 bits per heavy atom. The molecule has 33 heavy (non-hydrogen) atoms. The van der Waals surface area contributed by atoms with Crippen molar-refractivity contribution in [3.05, 3.63) is 42.0 Å². The van der Waals surface area contributed by atoms with E-state index in [2.05, 4.69) is 4.90 Å². The van der Waals surface area contributed by atoms with Crippen LogP contribution in [0.1, 0.15) is 25.8 Å². The molecule has 1 aliphatic carbocycles. The second kappa shape index (κ2) is 12.5. The minimum Gasteiger partial charge on any atom is -0.480 e. The second-order valence-electron chi connectivity index (χ2n) is 8.13. The summed E-state index contributed by atoms with van der Waals surface area (Å²) in [5.74, 6) is -3.31. The summed E-state index contributed by atoms with van der Waals surface area (Å²) in [6.45, 7) is 6.72. The van der Waals surface area contributed by atoms with Gasteiger partial charge in [-0.15, -0.1) is 0 Å². The quantitative estimate of drug-likeness (QED) is 0.323. The smallest absolute Gasteiger partial charge is 0.320 e. The molecule has 4 N–H and O–H groups in total. The topological polar surface area (TPSA) is 133 Å². The number of likely N-dealkylation sites (N-methyl/N-ethyl adjacent to an activating group) is 1. The first-order valence-corrected chi connectivity index (χ1v) is 11.4. The Morgan fingerprint density at radius 3 is 2.30 bits per heavy atom. The lowest BCUT2D eigenvalue weighted by Crippen LogP contribution is -2.52. The number of nitrogens with two attached hydrogens (primary N) is 1. The number of aliphatic hydroxyl groups excluding tert-OH is 1. The fourth-order valence-corrected chi connectivity index (χ4v) is 3.91. The predicted octanol–water partition coefficient (Wildman–Crippen LogP) is 0.900. The Bertz CT molecular complexity index is 833. The van der Waals surface area contributed by atoms with E-state index in [9.17, 15) is 19.5 Å². The molecule has 4 atom stereocenters. The van der Waals surface area contributed by atoms with Gasteiger partial charge in [0.15, 0.2) is 0 Å². The fraction of sp³-hybridized carbons (Fsp3) is 0.542. The van der Waals surface area contributed by atoms with Crippen LogP contribution in [0.3, 0.4) is 0 Å². The Balaban J connectivity index is 0.00000187. The summed E-state index contributed by atoms with van der Waals surface area (Å²) in [5, 5.41) is 19.3. The van der Waals surface area contributed by atoms with E-state index in [1.807, 2.05) is 20.9 Å². The van der Waals surface area contributed by atoms with Crippen LogP contribution >= 0.6 is 0 Å². The molecule has 182 valence electrons. The van der Waals surface area contributed by atoms with Gasteiger partial charge >= 0.3 is 11.9 Å². The molecule has 3 unspecified atom stereocenters. The molecule has 3 rings (SSSR count). The zero-order valence-corrected chi connectivity index (χ0v) is 19.5. The molecule has 1 heterocycles. The average Bonchev–Trinajstić information content (AvgIpc) is 2.81. The Hall–Kier alpha value is -2.75. The first-order valence-electron chi connectivity index (χ1n) is 11.4. The van der Waals surface area contributed by atoms with Crippen LogP contribution in [-0.4, -0.2) is 83.2 Å². The number of carbonyl (C=O) groups excluding carboxylic acids is 2. The van der Waals surface area contributed by atoms with Crippen molar-refractivity contribution in [1.82, 2.24) is 9.80 Å². The highest BCUT2D eigenvalue weighted by Crippen LogP contribution is 2.30. The molecule has 1 amide bonds. The summed E-state index contributed by atoms with van der Waals surface area (Å²) in [4.78, 5) is 40.7. The number of ether oxygens (including phenoxy) is 1. The van der Waals surface area contributed by atoms with Crippen LogP contribution in [-0.2, 0) is 20.8 Å². The number of benzene rings is 1. The monoisotopic (exact) mass is 461 g/mol. The lowest BCUT2D eigenvalue weighted by Gasteiger charge is -2.37. The van der Waals surface area contributed by atoms with Gasteiger partial charge < -0.3 is 30.5 Å². The number of piperazine rings is 1. The molecule has 1 fully saturated rings. The van der Waals surface area contributed by atoms with Crippen molar-refractivity contribution in [2.75, 3.05) is 33.2 Å². The predicted molar refractivity (Wildman–Crippen MR) is 124 cm³/mol. The maximum absolute atomic E-state index is 13.1. The summed E-state index contributed by atoms with van der Waals surface area (Å²) in [7, 11) is 2.00. The number of hydrogen-bond donors (Lipinski definition) is 3. The van der Waals surface area contributed by atoms with Crippen molar-refractivity contribution < 1.29 is 29.3 Å². The highest BCUT2D eigenvalue weighted by Gasteiger charge is 2.42. The maximum Gasteiger partial charge on any atom is 0.320 e. The van der Waals surface area contributed by atoms with E-state index in [0.717, 1.165) is 13.1 Å². The summed E-state index contributed by atoms with van der Waals surface area (Å²) >= 11 is 0. The average molecular weight is 462 g/mol. The molecule has 1 aromatic carbocycles. The number of amides is 1. The van der Waals surface area contributed by atoms with Crippen molar-refractivity contribution in [2.45, 2.75) is 38.8 Å². The first-order chi connectivity index (χ1) is 15.8.